The number of Topliss-reactive ketones (excluding diaryl/α,β-unsaturated/α-hetero) is 1. The quantitative estimate of drug-likeness (QED) is 0.850. The molecule has 2 aromatic rings. The first kappa shape index (κ1) is 12.9. The third kappa shape index (κ3) is 2.74. The van der Waals surface area contributed by atoms with E-state index in [1.807, 2.05) is 35.7 Å². The molecule has 1 unspecified atom stereocenters. The number of carbonyl (C=O) groups is 1. The Kier molecular flexibility index (Phi) is 3.71. The van der Waals surface area contributed by atoms with E-state index >= 15 is 0 Å². The van der Waals surface area contributed by atoms with Crippen LogP contribution >= 0.6 is 27.3 Å². The van der Waals surface area contributed by atoms with Crippen molar-refractivity contribution >= 4 is 33.0 Å². The highest BCUT2D eigenvalue weighted by molar-refractivity contribution is 9.10. The standard InChI is InChI=1S/C15H13BrO2S/c16-12-5-6-19-15(12)8-13(17)11-7-10-3-1-2-4-14(10)18-9-11/h1-6,11H,7-9H2. The van der Waals surface area contributed by atoms with E-state index < -0.39 is 0 Å². The topological polar surface area (TPSA) is 26.3 Å². The van der Waals surface area contributed by atoms with Gasteiger partial charge in [-0.05, 0) is 45.4 Å². The van der Waals surface area contributed by atoms with E-state index in [2.05, 4.69) is 15.9 Å². The molecule has 0 saturated heterocycles. The second-order valence-corrected chi connectivity index (χ2v) is 6.51. The molecule has 3 rings (SSSR count). The average molecular weight is 337 g/mol. The van der Waals surface area contributed by atoms with Crippen LogP contribution in [0.4, 0.5) is 0 Å². The zero-order valence-corrected chi connectivity index (χ0v) is 12.7. The van der Waals surface area contributed by atoms with E-state index in [-0.39, 0.29) is 11.7 Å². The number of fused-ring (bicyclic) bond motifs is 1. The van der Waals surface area contributed by atoms with Gasteiger partial charge in [0.25, 0.3) is 0 Å². The summed E-state index contributed by atoms with van der Waals surface area (Å²) in [6.45, 7) is 0.499. The number of para-hydroxylation sites is 1. The van der Waals surface area contributed by atoms with Gasteiger partial charge in [0.2, 0.25) is 0 Å². The number of ketones is 1. The van der Waals surface area contributed by atoms with E-state index in [0.29, 0.717) is 13.0 Å². The van der Waals surface area contributed by atoms with Gasteiger partial charge in [-0.15, -0.1) is 11.3 Å². The van der Waals surface area contributed by atoms with Gasteiger partial charge < -0.3 is 4.74 Å². The third-order valence-corrected chi connectivity index (χ3v) is 5.29. The minimum atomic E-state index is -0.0242. The molecule has 1 atom stereocenters. The van der Waals surface area contributed by atoms with Gasteiger partial charge in [0, 0.05) is 15.8 Å². The summed E-state index contributed by atoms with van der Waals surface area (Å²) in [7, 11) is 0. The molecule has 0 radical (unpaired) electrons. The fourth-order valence-electron chi connectivity index (χ4n) is 2.29. The van der Waals surface area contributed by atoms with Gasteiger partial charge in [-0.25, -0.2) is 0 Å². The predicted molar refractivity (Wildman–Crippen MR) is 79.9 cm³/mol. The normalized spacial score (nSPS) is 17.6. The summed E-state index contributed by atoms with van der Waals surface area (Å²) in [4.78, 5) is 13.4. The van der Waals surface area contributed by atoms with E-state index in [1.165, 1.54) is 0 Å². The van der Waals surface area contributed by atoms with Crippen molar-refractivity contribution in [3.63, 3.8) is 0 Å². The van der Waals surface area contributed by atoms with Gasteiger partial charge in [-0.1, -0.05) is 18.2 Å². The first-order valence-corrected chi connectivity index (χ1v) is 7.86. The largest absolute Gasteiger partial charge is 0.493 e. The van der Waals surface area contributed by atoms with E-state index in [1.54, 1.807) is 11.3 Å². The number of ether oxygens (including phenoxy) is 1. The van der Waals surface area contributed by atoms with Crippen LogP contribution in [0.2, 0.25) is 0 Å². The monoisotopic (exact) mass is 336 g/mol. The third-order valence-electron chi connectivity index (χ3n) is 3.36. The SMILES string of the molecule is O=C(Cc1sccc1Br)C1COc2ccccc2C1. The lowest BCUT2D eigenvalue weighted by Gasteiger charge is -2.24. The van der Waals surface area contributed by atoms with Crippen molar-refractivity contribution < 1.29 is 9.53 Å². The highest BCUT2D eigenvalue weighted by Gasteiger charge is 2.26. The van der Waals surface area contributed by atoms with Gasteiger partial charge in [0.05, 0.1) is 12.5 Å². The Morgan fingerprint density at radius 1 is 1.37 bits per heavy atom. The molecule has 1 aliphatic heterocycles. The number of rotatable bonds is 3. The number of benzene rings is 1. The smallest absolute Gasteiger partial charge is 0.144 e. The van der Waals surface area contributed by atoms with Crippen LogP contribution in [-0.4, -0.2) is 12.4 Å². The second kappa shape index (κ2) is 5.47. The maximum absolute atomic E-state index is 12.3. The number of thiophene rings is 1. The Morgan fingerprint density at radius 3 is 3.00 bits per heavy atom. The Hall–Kier alpha value is -1.13. The fraction of sp³-hybridized carbons (Fsp3) is 0.267. The summed E-state index contributed by atoms with van der Waals surface area (Å²) in [5.41, 5.74) is 1.14. The van der Waals surface area contributed by atoms with E-state index in [0.717, 1.165) is 27.1 Å². The van der Waals surface area contributed by atoms with Gasteiger partial charge >= 0.3 is 0 Å². The highest BCUT2D eigenvalue weighted by atomic mass is 79.9. The van der Waals surface area contributed by atoms with Crippen molar-refractivity contribution in [2.75, 3.05) is 6.61 Å². The van der Waals surface area contributed by atoms with Crippen LogP contribution in [0.5, 0.6) is 5.75 Å². The molecule has 1 aromatic heterocycles. The molecule has 0 amide bonds. The molecule has 1 aromatic carbocycles. The summed E-state index contributed by atoms with van der Waals surface area (Å²) < 4.78 is 6.71. The predicted octanol–water partition coefficient (Wildman–Crippen LogP) is 3.87. The first-order chi connectivity index (χ1) is 9.24. The Bertz CT molecular complexity index is 606. The molecule has 1 aliphatic rings. The summed E-state index contributed by atoms with van der Waals surface area (Å²) >= 11 is 5.09. The van der Waals surface area contributed by atoms with Crippen molar-refractivity contribution in [1.29, 1.82) is 0 Å². The maximum Gasteiger partial charge on any atom is 0.144 e. The molecular weight excluding hydrogens is 324 g/mol. The summed E-state index contributed by atoms with van der Waals surface area (Å²) in [5, 5.41) is 2.00. The van der Waals surface area contributed by atoms with Crippen LogP contribution in [-0.2, 0) is 17.6 Å². The Labute approximate surface area is 124 Å². The van der Waals surface area contributed by atoms with Crippen LogP contribution < -0.4 is 4.74 Å². The van der Waals surface area contributed by atoms with Crippen molar-refractivity contribution in [3.05, 3.63) is 50.6 Å². The van der Waals surface area contributed by atoms with Crippen molar-refractivity contribution in [2.45, 2.75) is 12.8 Å². The van der Waals surface area contributed by atoms with Crippen LogP contribution in [0.25, 0.3) is 0 Å². The van der Waals surface area contributed by atoms with Crippen molar-refractivity contribution in [3.8, 4) is 5.75 Å². The number of carbonyl (C=O) groups excluding carboxylic acids is 1. The summed E-state index contributed by atoms with van der Waals surface area (Å²) in [5.74, 6) is 1.16. The van der Waals surface area contributed by atoms with Crippen molar-refractivity contribution in [2.24, 2.45) is 5.92 Å². The maximum atomic E-state index is 12.3. The van der Waals surface area contributed by atoms with Gasteiger partial charge in [-0.3, -0.25) is 4.79 Å². The lowest BCUT2D eigenvalue weighted by atomic mass is 9.91. The first-order valence-electron chi connectivity index (χ1n) is 6.19. The van der Waals surface area contributed by atoms with Gasteiger partial charge in [0.15, 0.2) is 0 Å². The molecule has 0 bridgehead atoms. The minimum Gasteiger partial charge on any atom is -0.493 e. The number of halogens is 1. The van der Waals surface area contributed by atoms with E-state index in [4.69, 9.17) is 4.74 Å². The van der Waals surface area contributed by atoms with Gasteiger partial charge in [0.1, 0.15) is 11.5 Å². The second-order valence-electron chi connectivity index (χ2n) is 4.65. The molecule has 0 spiro atoms. The molecule has 2 nitrogen and oxygen atoms in total. The molecule has 98 valence electrons. The van der Waals surface area contributed by atoms with Gasteiger partial charge in [-0.2, -0.15) is 0 Å². The molecule has 19 heavy (non-hydrogen) atoms. The Morgan fingerprint density at radius 2 is 2.21 bits per heavy atom. The minimum absolute atomic E-state index is 0.0242. The molecule has 0 aliphatic carbocycles. The van der Waals surface area contributed by atoms with E-state index in [9.17, 15) is 4.79 Å². The molecule has 0 N–H and O–H groups in total. The molecule has 4 heteroatoms. The zero-order valence-electron chi connectivity index (χ0n) is 10.3. The van der Waals surface area contributed by atoms with Crippen molar-refractivity contribution in [1.82, 2.24) is 0 Å². The summed E-state index contributed by atoms with van der Waals surface area (Å²) in [6.07, 6.45) is 1.28. The lowest BCUT2D eigenvalue weighted by Crippen LogP contribution is -2.29. The van der Waals surface area contributed by atoms with Crippen LogP contribution in [0, 0.1) is 5.92 Å². The Balaban J connectivity index is 1.71. The molecule has 0 saturated carbocycles. The zero-order chi connectivity index (χ0) is 13.2. The highest BCUT2D eigenvalue weighted by Crippen LogP contribution is 2.29. The molecular formula is C15H13BrO2S. The fourth-order valence-corrected chi connectivity index (χ4v) is 3.79. The average Bonchev–Trinajstić information content (AvgIpc) is 2.84. The number of hydrogen-bond donors (Lipinski definition) is 0. The van der Waals surface area contributed by atoms with Crippen LogP contribution in [0.3, 0.4) is 0 Å². The lowest BCUT2D eigenvalue weighted by molar-refractivity contribution is -0.123. The van der Waals surface area contributed by atoms with Crippen LogP contribution in [0.15, 0.2) is 40.2 Å². The number of hydrogen-bond acceptors (Lipinski definition) is 3. The molecule has 2 heterocycles. The van der Waals surface area contributed by atoms with Crippen LogP contribution in [0.1, 0.15) is 10.4 Å². The summed E-state index contributed by atoms with van der Waals surface area (Å²) in [6, 6.07) is 9.94. The molecule has 0 fully saturated rings.